The fraction of sp³-hybridized carbons (Fsp3) is 0.118. The molecule has 3 rings (SSSR count). The molecule has 0 aliphatic rings. The van der Waals surface area contributed by atoms with Gasteiger partial charge in [0.25, 0.3) is 5.91 Å². The van der Waals surface area contributed by atoms with Gasteiger partial charge in [0.2, 0.25) is 5.88 Å². The maximum absolute atomic E-state index is 12.1. The molecule has 6 heteroatoms. The van der Waals surface area contributed by atoms with Crippen LogP contribution in [0.2, 0.25) is 0 Å². The molecular formula is C17H16N4O2. The van der Waals surface area contributed by atoms with Gasteiger partial charge in [-0.2, -0.15) is 0 Å². The molecule has 0 fully saturated rings. The molecule has 23 heavy (non-hydrogen) atoms. The lowest BCUT2D eigenvalue weighted by Crippen LogP contribution is -2.22. The molecule has 1 N–H and O–H groups in total. The van der Waals surface area contributed by atoms with E-state index < -0.39 is 0 Å². The molecule has 2 heterocycles. The van der Waals surface area contributed by atoms with Crippen LogP contribution in [0.3, 0.4) is 0 Å². The Morgan fingerprint density at radius 3 is 2.65 bits per heavy atom. The Balaban J connectivity index is 1.60. The maximum atomic E-state index is 12.1. The Morgan fingerprint density at radius 1 is 1.22 bits per heavy atom. The normalized spacial score (nSPS) is 10.3. The molecule has 6 nitrogen and oxygen atoms in total. The van der Waals surface area contributed by atoms with Gasteiger partial charge < -0.3 is 14.6 Å². The quantitative estimate of drug-likeness (QED) is 0.784. The van der Waals surface area contributed by atoms with Crippen LogP contribution in [0.1, 0.15) is 15.9 Å². The van der Waals surface area contributed by atoms with Crippen molar-refractivity contribution in [1.29, 1.82) is 0 Å². The minimum Gasteiger partial charge on any atom is -0.481 e. The summed E-state index contributed by atoms with van der Waals surface area (Å²) < 4.78 is 6.89. The number of nitrogens with zero attached hydrogens (tertiary/aromatic N) is 3. The first-order valence-corrected chi connectivity index (χ1v) is 7.12. The van der Waals surface area contributed by atoms with Crippen LogP contribution < -0.4 is 10.1 Å². The van der Waals surface area contributed by atoms with Crippen molar-refractivity contribution in [2.75, 3.05) is 7.11 Å². The van der Waals surface area contributed by atoms with E-state index in [4.69, 9.17) is 4.74 Å². The van der Waals surface area contributed by atoms with Gasteiger partial charge in [0.15, 0.2) is 0 Å². The fourth-order valence-corrected chi connectivity index (χ4v) is 2.12. The van der Waals surface area contributed by atoms with Gasteiger partial charge >= 0.3 is 0 Å². The number of ether oxygens (including phenoxy) is 1. The average molecular weight is 308 g/mol. The number of imidazole rings is 1. The molecule has 0 spiro atoms. The summed E-state index contributed by atoms with van der Waals surface area (Å²) in [4.78, 5) is 20.1. The van der Waals surface area contributed by atoms with Crippen molar-refractivity contribution in [3.63, 3.8) is 0 Å². The summed E-state index contributed by atoms with van der Waals surface area (Å²) in [7, 11) is 1.54. The van der Waals surface area contributed by atoms with Gasteiger partial charge in [0.05, 0.1) is 19.0 Å². The van der Waals surface area contributed by atoms with Gasteiger partial charge in [-0.25, -0.2) is 9.97 Å². The predicted molar refractivity (Wildman–Crippen MR) is 85.5 cm³/mol. The number of rotatable bonds is 5. The van der Waals surface area contributed by atoms with Crippen molar-refractivity contribution in [1.82, 2.24) is 19.9 Å². The predicted octanol–water partition coefficient (Wildman–Crippen LogP) is 2.21. The molecule has 0 unspecified atom stereocenters. The monoisotopic (exact) mass is 308 g/mol. The van der Waals surface area contributed by atoms with E-state index >= 15 is 0 Å². The Hall–Kier alpha value is -3.15. The third kappa shape index (κ3) is 3.55. The van der Waals surface area contributed by atoms with Crippen LogP contribution in [-0.2, 0) is 6.54 Å². The molecule has 116 valence electrons. The molecule has 1 amide bonds. The van der Waals surface area contributed by atoms with Crippen LogP contribution >= 0.6 is 0 Å². The Kier molecular flexibility index (Phi) is 4.33. The molecule has 0 atom stereocenters. The summed E-state index contributed by atoms with van der Waals surface area (Å²) in [5.74, 6) is 0.315. The molecule has 0 saturated heterocycles. The van der Waals surface area contributed by atoms with Gasteiger partial charge in [0.1, 0.15) is 0 Å². The zero-order valence-corrected chi connectivity index (χ0v) is 12.6. The summed E-state index contributed by atoms with van der Waals surface area (Å²) in [5.41, 5.74) is 2.54. The van der Waals surface area contributed by atoms with Crippen LogP contribution in [0.25, 0.3) is 5.69 Å². The molecule has 2 aromatic heterocycles. The SMILES string of the molecule is COc1ccc(C(=O)NCc2ccc(-n3ccnc3)cc2)cn1. The van der Waals surface area contributed by atoms with E-state index in [0.717, 1.165) is 11.3 Å². The summed E-state index contributed by atoms with van der Waals surface area (Å²) in [6.07, 6.45) is 6.86. The van der Waals surface area contributed by atoms with Crippen molar-refractivity contribution >= 4 is 5.91 Å². The van der Waals surface area contributed by atoms with Crippen LogP contribution in [0.5, 0.6) is 5.88 Å². The molecule has 0 bridgehead atoms. The molecule has 0 saturated carbocycles. The molecular weight excluding hydrogens is 292 g/mol. The zero-order valence-electron chi connectivity index (χ0n) is 12.6. The highest BCUT2D eigenvalue weighted by Gasteiger charge is 2.06. The van der Waals surface area contributed by atoms with Crippen LogP contribution in [0.15, 0.2) is 61.3 Å². The number of amides is 1. The van der Waals surface area contributed by atoms with E-state index in [9.17, 15) is 4.79 Å². The van der Waals surface area contributed by atoms with Gasteiger partial charge in [-0.15, -0.1) is 0 Å². The lowest BCUT2D eigenvalue weighted by atomic mass is 10.2. The van der Waals surface area contributed by atoms with Crippen LogP contribution in [-0.4, -0.2) is 27.6 Å². The van der Waals surface area contributed by atoms with Gasteiger partial charge in [-0.3, -0.25) is 4.79 Å². The molecule has 0 aliphatic heterocycles. The van der Waals surface area contributed by atoms with E-state index in [2.05, 4.69) is 15.3 Å². The fourth-order valence-electron chi connectivity index (χ4n) is 2.12. The lowest BCUT2D eigenvalue weighted by Gasteiger charge is -2.07. The highest BCUT2D eigenvalue weighted by Crippen LogP contribution is 2.10. The number of pyridine rings is 1. The number of hydrogen-bond donors (Lipinski definition) is 1. The first-order valence-electron chi connectivity index (χ1n) is 7.12. The summed E-state index contributed by atoms with van der Waals surface area (Å²) in [6, 6.07) is 11.3. The van der Waals surface area contributed by atoms with E-state index in [1.807, 2.05) is 35.0 Å². The highest BCUT2D eigenvalue weighted by molar-refractivity contribution is 5.93. The standard InChI is InChI=1S/C17H16N4O2/c1-23-16-7-4-14(11-19-16)17(22)20-10-13-2-5-15(6-3-13)21-9-8-18-12-21/h2-9,11-12H,10H2,1H3,(H,20,22). The zero-order chi connectivity index (χ0) is 16.1. The van der Waals surface area contributed by atoms with E-state index in [1.165, 1.54) is 13.3 Å². The van der Waals surface area contributed by atoms with Crippen molar-refractivity contribution in [3.8, 4) is 11.6 Å². The molecule has 0 radical (unpaired) electrons. The first-order chi connectivity index (χ1) is 11.3. The number of carbonyl (C=O) groups excluding carboxylic acids is 1. The van der Waals surface area contributed by atoms with Crippen molar-refractivity contribution in [2.24, 2.45) is 0 Å². The van der Waals surface area contributed by atoms with Gasteiger partial charge in [0, 0.05) is 36.9 Å². The van der Waals surface area contributed by atoms with E-state index in [0.29, 0.717) is 18.0 Å². The minimum atomic E-state index is -0.168. The largest absolute Gasteiger partial charge is 0.481 e. The number of carbonyl (C=O) groups is 1. The number of benzene rings is 1. The van der Waals surface area contributed by atoms with Crippen LogP contribution in [0, 0.1) is 0 Å². The smallest absolute Gasteiger partial charge is 0.253 e. The van der Waals surface area contributed by atoms with Gasteiger partial charge in [-0.1, -0.05) is 12.1 Å². The lowest BCUT2D eigenvalue weighted by molar-refractivity contribution is 0.0950. The maximum Gasteiger partial charge on any atom is 0.253 e. The number of hydrogen-bond acceptors (Lipinski definition) is 4. The summed E-state index contributed by atoms with van der Waals surface area (Å²) in [6.45, 7) is 0.453. The Bertz CT molecular complexity index is 765. The van der Waals surface area contributed by atoms with Crippen molar-refractivity contribution in [3.05, 3.63) is 72.4 Å². The second kappa shape index (κ2) is 6.74. The summed E-state index contributed by atoms with van der Waals surface area (Å²) >= 11 is 0. The minimum absolute atomic E-state index is 0.168. The first kappa shape index (κ1) is 14.8. The van der Waals surface area contributed by atoms with Crippen LogP contribution in [0.4, 0.5) is 0 Å². The molecule has 1 aromatic carbocycles. The number of nitrogens with one attached hydrogen (secondary N) is 1. The van der Waals surface area contributed by atoms with Crippen molar-refractivity contribution < 1.29 is 9.53 Å². The van der Waals surface area contributed by atoms with E-state index in [1.54, 1.807) is 24.7 Å². The third-order valence-electron chi connectivity index (χ3n) is 3.40. The second-order valence-corrected chi connectivity index (χ2v) is 4.91. The molecule has 3 aromatic rings. The molecule has 0 aliphatic carbocycles. The number of aromatic nitrogens is 3. The topological polar surface area (TPSA) is 69.0 Å². The Morgan fingerprint density at radius 2 is 2.04 bits per heavy atom. The van der Waals surface area contributed by atoms with Gasteiger partial charge in [-0.05, 0) is 23.8 Å². The van der Waals surface area contributed by atoms with E-state index in [-0.39, 0.29) is 5.91 Å². The second-order valence-electron chi connectivity index (χ2n) is 4.91. The average Bonchev–Trinajstić information content (AvgIpc) is 3.15. The summed E-state index contributed by atoms with van der Waals surface area (Å²) in [5, 5.41) is 2.87. The van der Waals surface area contributed by atoms with Crippen molar-refractivity contribution in [2.45, 2.75) is 6.54 Å². The number of methoxy groups -OCH3 is 1. The Labute approximate surface area is 133 Å². The highest BCUT2D eigenvalue weighted by atomic mass is 16.5. The third-order valence-corrected chi connectivity index (χ3v) is 3.40.